The van der Waals surface area contributed by atoms with Gasteiger partial charge in [-0.05, 0) is 24.6 Å². The summed E-state index contributed by atoms with van der Waals surface area (Å²) in [5.41, 5.74) is -0.420. The Morgan fingerprint density at radius 3 is 2.23 bits per heavy atom. The van der Waals surface area contributed by atoms with Gasteiger partial charge in [0.25, 0.3) is 0 Å². The fraction of sp³-hybridized carbons (Fsp3) is 0.438. The molecule has 1 fully saturated rings. The van der Waals surface area contributed by atoms with E-state index in [1.165, 1.54) is 12.1 Å². The Hall–Kier alpha value is -1.85. The number of carbonyl (C=O) groups excluding carboxylic acids is 3. The second kappa shape index (κ2) is 8.23. The number of alkyl carbamates (subject to hydrolysis) is 1. The van der Waals surface area contributed by atoms with Crippen LogP contribution in [0.15, 0.2) is 24.3 Å². The predicted molar refractivity (Wildman–Crippen MR) is 93.1 cm³/mol. The largest absolute Gasteiger partial charge is 0.445 e. The average molecular weight is 484 g/mol. The van der Waals surface area contributed by atoms with Gasteiger partial charge in [0.15, 0.2) is 0 Å². The smallest absolute Gasteiger partial charge is 0.416 e. The molecule has 142 valence electrons. The monoisotopic (exact) mass is 484 g/mol. The van der Waals surface area contributed by atoms with Gasteiger partial charge >= 0.3 is 12.3 Å². The van der Waals surface area contributed by atoms with Crippen LogP contribution in [0, 0.1) is 0 Å². The van der Waals surface area contributed by atoms with Crippen LogP contribution >= 0.6 is 22.6 Å². The van der Waals surface area contributed by atoms with E-state index in [1.807, 2.05) is 22.6 Å². The normalized spacial score (nSPS) is 17.2. The highest BCUT2D eigenvalue weighted by Gasteiger charge is 2.38. The third-order valence-corrected chi connectivity index (χ3v) is 4.40. The molecule has 0 bridgehead atoms. The predicted octanol–water partition coefficient (Wildman–Crippen LogP) is 3.23. The number of hydrogen-bond donors (Lipinski definition) is 1. The van der Waals surface area contributed by atoms with E-state index in [4.69, 9.17) is 4.74 Å². The highest BCUT2D eigenvalue weighted by Crippen LogP contribution is 2.29. The summed E-state index contributed by atoms with van der Waals surface area (Å²) in [7, 11) is 0. The number of nitrogens with one attached hydrogen (secondary N) is 1. The summed E-state index contributed by atoms with van der Waals surface area (Å²) in [4.78, 5) is 36.6. The van der Waals surface area contributed by atoms with Gasteiger partial charge < -0.3 is 4.74 Å². The molecule has 0 unspecified atom stereocenters. The lowest BCUT2D eigenvalue weighted by Crippen LogP contribution is -2.54. The third kappa shape index (κ3) is 5.08. The van der Waals surface area contributed by atoms with Crippen LogP contribution in [0.2, 0.25) is 0 Å². The second-order valence-corrected chi connectivity index (χ2v) is 7.66. The maximum absolute atomic E-state index is 12.5. The van der Waals surface area contributed by atoms with Crippen molar-refractivity contribution in [2.75, 3.05) is 0 Å². The van der Waals surface area contributed by atoms with Crippen LogP contribution in [0.4, 0.5) is 18.0 Å². The highest BCUT2D eigenvalue weighted by atomic mass is 127. The zero-order valence-corrected chi connectivity index (χ0v) is 15.8. The van der Waals surface area contributed by atoms with Crippen molar-refractivity contribution in [1.29, 1.82) is 0 Å². The molecule has 6 nitrogen and oxygen atoms in total. The molecule has 3 amide bonds. The van der Waals surface area contributed by atoms with Gasteiger partial charge in [-0.3, -0.25) is 19.8 Å². The number of nitrogens with zero attached hydrogens (tertiary/aromatic N) is 1. The molecule has 1 aromatic rings. The molecule has 0 radical (unpaired) electrons. The van der Waals surface area contributed by atoms with Crippen LogP contribution in [0.3, 0.4) is 0 Å². The van der Waals surface area contributed by atoms with Crippen molar-refractivity contribution in [3.05, 3.63) is 35.4 Å². The number of hydrogen-bond acceptors (Lipinski definition) is 4. The number of carbonyl (C=O) groups is 3. The minimum atomic E-state index is -4.44. The molecule has 1 aromatic carbocycles. The summed E-state index contributed by atoms with van der Waals surface area (Å²) in [5.74, 6) is -0.738. The Morgan fingerprint density at radius 1 is 1.23 bits per heavy atom. The molecule has 1 saturated heterocycles. The van der Waals surface area contributed by atoms with Crippen LogP contribution in [-0.2, 0) is 27.1 Å². The number of ether oxygens (including phenoxy) is 1. The van der Waals surface area contributed by atoms with Crippen LogP contribution in [0.25, 0.3) is 0 Å². The molecule has 1 heterocycles. The van der Waals surface area contributed by atoms with Gasteiger partial charge in [0.2, 0.25) is 11.8 Å². The molecule has 0 aliphatic carbocycles. The quantitative estimate of drug-likeness (QED) is 0.396. The van der Waals surface area contributed by atoms with Crippen molar-refractivity contribution >= 4 is 40.5 Å². The number of likely N-dealkylation sites (tertiary alicyclic amines) is 1. The summed E-state index contributed by atoms with van der Waals surface area (Å²) in [6, 6.07) is 4.21. The van der Waals surface area contributed by atoms with Gasteiger partial charge in [-0.2, -0.15) is 13.2 Å². The van der Waals surface area contributed by atoms with Crippen LogP contribution in [-0.4, -0.2) is 32.9 Å². The van der Waals surface area contributed by atoms with Crippen molar-refractivity contribution in [2.24, 2.45) is 0 Å². The zero-order chi connectivity index (χ0) is 19.5. The van der Waals surface area contributed by atoms with E-state index >= 15 is 0 Å². The number of alkyl halides is 4. The molecule has 1 N–H and O–H groups in total. The molecule has 10 heteroatoms. The first-order chi connectivity index (χ1) is 12.1. The van der Waals surface area contributed by atoms with Gasteiger partial charge in [0.05, 0.1) is 5.56 Å². The van der Waals surface area contributed by atoms with E-state index in [2.05, 4.69) is 5.32 Å². The second-order valence-electron chi connectivity index (χ2n) is 5.70. The maximum Gasteiger partial charge on any atom is 0.416 e. The van der Waals surface area contributed by atoms with Gasteiger partial charge in [0.1, 0.15) is 12.8 Å². The first-order valence-electron chi connectivity index (χ1n) is 7.68. The fourth-order valence-electron chi connectivity index (χ4n) is 2.39. The molecule has 1 aliphatic heterocycles. The third-order valence-electron chi connectivity index (χ3n) is 3.72. The Bertz CT molecular complexity index is 676. The first-order valence-corrected chi connectivity index (χ1v) is 8.92. The molecular weight excluding hydrogens is 468 g/mol. The summed E-state index contributed by atoms with van der Waals surface area (Å²) >= 11 is 1.98. The fourth-order valence-corrected chi connectivity index (χ4v) is 2.89. The van der Waals surface area contributed by atoms with Gasteiger partial charge in [-0.25, -0.2) is 4.79 Å². The van der Waals surface area contributed by atoms with Crippen molar-refractivity contribution in [2.45, 2.75) is 42.6 Å². The van der Waals surface area contributed by atoms with Crippen molar-refractivity contribution in [3.8, 4) is 0 Å². The molecule has 0 spiro atoms. The number of benzene rings is 1. The zero-order valence-electron chi connectivity index (χ0n) is 13.7. The SMILES string of the molecule is C[C@H](I)[C@H](NC(=O)OCc1ccc(C(F)(F)F)cc1)N1C(=O)CCC1=O. The maximum atomic E-state index is 12.5. The topological polar surface area (TPSA) is 75.7 Å². The molecular formula is C16H16F3IN2O4. The van der Waals surface area contributed by atoms with Crippen LogP contribution < -0.4 is 5.32 Å². The molecule has 0 aromatic heterocycles. The average Bonchev–Trinajstić information content (AvgIpc) is 2.89. The Kier molecular flexibility index (Phi) is 6.48. The summed E-state index contributed by atoms with van der Waals surface area (Å²) < 4.78 is 42.2. The van der Waals surface area contributed by atoms with Gasteiger partial charge in [-0.1, -0.05) is 34.7 Å². The number of amides is 3. The van der Waals surface area contributed by atoms with Crippen molar-refractivity contribution in [1.82, 2.24) is 10.2 Å². The first kappa shape index (κ1) is 20.5. The van der Waals surface area contributed by atoms with E-state index in [0.29, 0.717) is 5.56 Å². The van der Waals surface area contributed by atoms with E-state index in [0.717, 1.165) is 17.0 Å². The Labute approximate surface area is 161 Å². The van der Waals surface area contributed by atoms with Crippen molar-refractivity contribution < 1.29 is 32.3 Å². The van der Waals surface area contributed by atoms with E-state index in [9.17, 15) is 27.6 Å². The lowest BCUT2D eigenvalue weighted by Gasteiger charge is -2.28. The summed E-state index contributed by atoms with van der Waals surface area (Å²) in [6.07, 6.45) is -5.96. The minimum Gasteiger partial charge on any atom is -0.445 e. The lowest BCUT2D eigenvalue weighted by molar-refractivity contribution is -0.141. The van der Waals surface area contributed by atoms with Gasteiger partial charge in [-0.15, -0.1) is 0 Å². The number of halogens is 4. The lowest BCUT2D eigenvalue weighted by atomic mass is 10.1. The van der Waals surface area contributed by atoms with Crippen molar-refractivity contribution in [3.63, 3.8) is 0 Å². The van der Waals surface area contributed by atoms with E-state index < -0.39 is 24.0 Å². The molecule has 2 atom stereocenters. The number of imide groups is 1. The van der Waals surface area contributed by atoms with Crippen LogP contribution in [0.5, 0.6) is 0 Å². The van der Waals surface area contributed by atoms with Gasteiger partial charge in [0, 0.05) is 16.8 Å². The Balaban J connectivity index is 1.94. The van der Waals surface area contributed by atoms with E-state index in [-0.39, 0.29) is 35.2 Å². The molecule has 1 aliphatic rings. The summed E-state index contributed by atoms with van der Waals surface area (Å²) in [6.45, 7) is 1.48. The summed E-state index contributed by atoms with van der Waals surface area (Å²) in [5, 5.41) is 2.46. The molecule has 26 heavy (non-hydrogen) atoms. The Morgan fingerprint density at radius 2 is 1.77 bits per heavy atom. The highest BCUT2D eigenvalue weighted by molar-refractivity contribution is 14.1. The number of rotatable bonds is 5. The molecule has 2 rings (SSSR count). The van der Waals surface area contributed by atoms with Crippen LogP contribution in [0.1, 0.15) is 30.9 Å². The standard InChI is InChI=1S/C16H16F3IN2O4/c1-9(20)14(22-12(23)6-7-13(22)24)21-15(25)26-8-10-2-4-11(5-3-10)16(17,18)19/h2-5,9,14H,6-8H2,1H3,(H,21,25)/t9-,14+/m0/s1. The molecule has 0 saturated carbocycles. The minimum absolute atomic E-state index is 0.0982. The van der Waals surface area contributed by atoms with E-state index in [1.54, 1.807) is 6.92 Å².